The molecule has 268 valence electrons. The van der Waals surface area contributed by atoms with Gasteiger partial charge in [0.05, 0.1) is 19.2 Å². The van der Waals surface area contributed by atoms with Gasteiger partial charge >= 0.3 is 0 Å². The van der Waals surface area contributed by atoms with Gasteiger partial charge in [0.2, 0.25) is 0 Å². The molecular weight excluding hydrogens is 626 g/mol. The van der Waals surface area contributed by atoms with Crippen molar-refractivity contribution in [3.63, 3.8) is 0 Å². The number of carbonyl (C=O) groups excluding carboxylic acids is 2. The molecule has 1 aromatic heterocycles. The molecular formula is C40H55N7O3. The molecule has 3 aliphatic rings. The summed E-state index contributed by atoms with van der Waals surface area (Å²) in [5, 5.41) is 16.6. The summed E-state index contributed by atoms with van der Waals surface area (Å²) in [6, 6.07) is 15.5. The van der Waals surface area contributed by atoms with Gasteiger partial charge in [0.15, 0.2) is 5.82 Å². The third-order valence-electron chi connectivity index (χ3n) is 11.1. The standard InChI is InChI=1S/C40H55N7O3/c1-27(2)9-8-24-50-32-11-7-10-30(25-32)35-37(49)47(40(42-35)20-16-31(17-21-40)39(6)22-23-39)33(18-19-38(3,4)5)28-12-14-29(15-13-28)36(48)41-26-34-43-45-46-44-34/h7,10-15,25,27,31,33H,8-9,16-24,26H2,1-6H3,(H,41,48)(H,43,44,45,46)/t31?,33-,40?/m1/s1. The number of aromatic nitrogens is 4. The molecule has 2 heterocycles. The van der Waals surface area contributed by atoms with E-state index in [4.69, 9.17) is 9.73 Å². The zero-order valence-corrected chi connectivity index (χ0v) is 30.8. The highest BCUT2D eigenvalue weighted by atomic mass is 16.5. The minimum absolute atomic E-state index is 0.0149. The fourth-order valence-electron chi connectivity index (χ4n) is 7.77. The molecule has 10 nitrogen and oxygen atoms in total. The topological polar surface area (TPSA) is 125 Å². The Morgan fingerprint density at radius 3 is 2.44 bits per heavy atom. The smallest absolute Gasteiger partial charge is 0.275 e. The highest BCUT2D eigenvalue weighted by Crippen LogP contribution is 2.58. The highest BCUT2D eigenvalue weighted by molar-refractivity contribution is 6.46. The summed E-state index contributed by atoms with van der Waals surface area (Å²) in [5.74, 6) is 2.27. The Bertz CT molecular complexity index is 1650. The summed E-state index contributed by atoms with van der Waals surface area (Å²) in [4.78, 5) is 35.5. The van der Waals surface area contributed by atoms with Gasteiger partial charge in [-0.2, -0.15) is 5.21 Å². The van der Waals surface area contributed by atoms with Crippen molar-refractivity contribution in [3.05, 3.63) is 71.0 Å². The molecule has 50 heavy (non-hydrogen) atoms. The number of H-pyrrole nitrogens is 1. The van der Waals surface area contributed by atoms with Crippen LogP contribution in [0.4, 0.5) is 0 Å². The van der Waals surface area contributed by atoms with Gasteiger partial charge in [-0.1, -0.05) is 71.0 Å². The molecule has 0 saturated heterocycles. The number of hydrogen-bond donors (Lipinski definition) is 2. The predicted molar refractivity (Wildman–Crippen MR) is 195 cm³/mol. The normalized spacial score (nSPS) is 22.1. The highest BCUT2D eigenvalue weighted by Gasteiger charge is 2.55. The number of aromatic amines is 1. The SMILES string of the molecule is CC(C)CCCOc1cccc(C2=NC3(CCC(C4(C)CC4)CC3)N([C@H](CCC(C)(C)C)c3ccc(C(=O)NCc4nn[nH]n4)cc3)C2=O)c1. The molecule has 10 heteroatoms. The number of amides is 2. The second-order valence-electron chi connectivity index (χ2n) is 16.7. The summed E-state index contributed by atoms with van der Waals surface area (Å²) in [5.41, 5.74) is 2.82. The molecule has 6 rings (SSSR count). The Morgan fingerprint density at radius 2 is 1.80 bits per heavy atom. The molecule has 2 N–H and O–H groups in total. The van der Waals surface area contributed by atoms with E-state index >= 15 is 0 Å². The molecule has 0 unspecified atom stereocenters. The second kappa shape index (κ2) is 14.6. The van der Waals surface area contributed by atoms with Crippen LogP contribution in [0, 0.1) is 22.7 Å². The molecule has 0 radical (unpaired) electrons. The van der Waals surface area contributed by atoms with Gasteiger partial charge in [-0.15, -0.1) is 10.2 Å². The van der Waals surface area contributed by atoms with Crippen molar-refractivity contribution in [3.8, 4) is 5.75 Å². The van der Waals surface area contributed by atoms with Crippen LogP contribution < -0.4 is 10.1 Å². The van der Waals surface area contributed by atoms with E-state index in [1.807, 2.05) is 48.5 Å². The molecule has 2 amide bonds. The van der Waals surface area contributed by atoms with E-state index in [-0.39, 0.29) is 29.8 Å². The lowest BCUT2D eigenvalue weighted by atomic mass is 9.73. The number of rotatable bonds is 14. The van der Waals surface area contributed by atoms with Crippen molar-refractivity contribution in [1.82, 2.24) is 30.8 Å². The molecule has 1 spiro atoms. The van der Waals surface area contributed by atoms with E-state index in [1.54, 1.807) is 0 Å². The summed E-state index contributed by atoms with van der Waals surface area (Å²) in [6.07, 6.45) is 10.3. The van der Waals surface area contributed by atoms with Gasteiger partial charge in [0, 0.05) is 11.1 Å². The summed E-state index contributed by atoms with van der Waals surface area (Å²) in [7, 11) is 0. The fourth-order valence-corrected chi connectivity index (χ4v) is 7.77. The van der Waals surface area contributed by atoms with Crippen LogP contribution in [-0.4, -0.2) is 55.3 Å². The quantitative estimate of drug-likeness (QED) is 0.167. The third kappa shape index (κ3) is 8.27. The van der Waals surface area contributed by atoms with E-state index in [1.165, 1.54) is 12.8 Å². The predicted octanol–water partition coefficient (Wildman–Crippen LogP) is 7.83. The van der Waals surface area contributed by atoms with Crippen LogP contribution in [0.2, 0.25) is 0 Å². The Morgan fingerprint density at radius 1 is 1.06 bits per heavy atom. The molecule has 1 aliphatic heterocycles. The van der Waals surface area contributed by atoms with Crippen molar-refractivity contribution >= 4 is 17.5 Å². The van der Waals surface area contributed by atoms with Crippen molar-refractivity contribution in [2.45, 2.75) is 124 Å². The first-order chi connectivity index (χ1) is 23.9. The van der Waals surface area contributed by atoms with Gasteiger partial charge in [-0.05, 0) is 117 Å². The maximum atomic E-state index is 14.9. The molecule has 1 atom stereocenters. The molecule has 2 saturated carbocycles. The molecule has 0 bridgehead atoms. The van der Waals surface area contributed by atoms with Crippen LogP contribution in [0.3, 0.4) is 0 Å². The molecule has 3 aromatic rings. The summed E-state index contributed by atoms with van der Waals surface area (Å²) in [6.45, 7) is 14.5. The van der Waals surface area contributed by atoms with E-state index in [0.29, 0.717) is 41.0 Å². The Kier molecular flexibility index (Phi) is 10.5. The lowest BCUT2D eigenvalue weighted by Gasteiger charge is -2.46. The van der Waals surface area contributed by atoms with Crippen LogP contribution in [0.25, 0.3) is 0 Å². The molecule has 2 aliphatic carbocycles. The van der Waals surface area contributed by atoms with Gasteiger partial charge in [0.1, 0.15) is 17.1 Å². The molecule has 2 fully saturated rings. The van der Waals surface area contributed by atoms with Crippen molar-refractivity contribution in [2.75, 3.05) is 6.61 Å². The van der Waals surface area contributed by atoms with Crippen LogP contribution in [0.15, 0.2) is 53.5 Å². The van der Waals surface area contributed by atoms with Gasteiger partial charge < -0.3 is 15.0 Å². The Labute approximate surface area is 297 Å². The maximum absolute atomic E-state index is 14.9. The first-order valence-electron chi connectivity index (χ1n) is 18.6. The van der Waals surface area contributed by atoms with Crippen LogP contribution in [0.1, 0.15) is 139 Å². The average Bonchev–Trinajstić information content (AvgIpc) is 3.50. The number of benzene rings is 2. The Balaban J connectivity index is 1.30. The first-order valence-corrected chi connectivity index (χ1v) is 18.6. The number of nitrogens with one attached hydrogen (secondary N) is 2. The maximum Gasteiger partial charge on any atom is 0.275 e. The molecule has 2 aromatic carbocycles. The summed E-state index contributed by atoms with van der Waals surface area (Å²) >= 11 is 0. The minimum Gasteiger partial charge on any atom is -0.494 e. The monoisotopic (exact) mass is 681 g/mol. The number of aliphatic imine (C=N–C) groups is 1. The minimum atomic E-state index is -0.606. The van der Waals surface area contributed by atoms with Crippen molar-refractivity contribution < 1.29 is 14.3 Å². The Hall–Kier alpha value is -4.08. The van der Waals surface area contributed by atoms with Crippen LogP contribution in [-0.2, 0) is 11.3 Å². The van der Waals surface area contributed by atoms with E-state index in [9.17, 15) is 9.59 Å². The van der Waals surface area contributed by atoms with E-state index in [0.717, 1.165) is 68.2 Å². The van der Waals surface area contributed by atoms with Crippen LogP contribution in [0.5, 0.6) is 5.75 Å². The lowest BCUT2D eigenvalue weighted by molar-refractivity contribution is -0.133. The number of ether oxygens (including phenoxy) is 1. The zero-order chi connectivity index (χ0) is 35.5. The van der Waals surface area contributed by atoms with Gasteiger partial charge in [-0.25, -0.2) is 0 Å². The number of hydrogen-bond acceptors (Lipinski definition) is 7. The third-order valence-corrected chi connectivity index (χ3v) is 11.1. The second-order valence-corrected chi connectivity index (χ2v) is 16.7. The van der Waals surface area contributed by atoms with Crippen LogP contribution >= 0.6 is 0 Å². The van der Waals surface area contributed by atoms with Gasteiger partial charge in [-0.3, -0.25) is 14.6 Å². The van der Waals surface area contributed by atoms with E-state index < -0.39 is 5.66 Å². The van der Waals surface area contributed by atoms with Crippen molar-refractivity contribution in [1.29, 1.82) is 0 Å². The fraction of sp³-hybridized carbons (Fsp3) is 0.600. The van der Waals surface area contributed by atoms with Gasteiger partial charge in [0.25, 0.3) is 11.8 Å². The number of carbonyl (C=O) groups is 2. The van der Waals surface area contributed by atoms with Crippen molar-refractivity contribution in [2.24, 2.45) is 27.7 Å². The largest absolute Gasteiger partial charge is 0.494 e. The summed E-state index contributed by atoms with van der Waals surface area (Å²) < 4.78 is 6.15. The first kappa shape index (κ1) is 35.7. The number of nitrogens with zero attached hydrogens (tertiary/aromatic N) is 5. The zero-order valence-electron chi connectivity index (χ0n) is 30.8. The lowest BCUT2D eigenvalue weighted by Crippen LogP contribution is -2.51. The number of tetrazole rings is 1. The van der Waals surface area contributed by atoms with E-state index in [2.05, 4.69) is 72.4 Å². The average molecular weight is 682 g/mol.